The van der Waals surface area contributed by atoms with Crippen molar-refractivity contribution in [2.75, 3.05) is 18.4 Å². The van der Waals surface area contributed by atoms with E-state index >= 15 is 0 Å². The highest BCUT2D eigenvalue weighted by Gasteiger charge is 2.29. The van der Waals surface area contributed by atoms with Gasteiger partial charge in [-0.3, -0.25) is 14.1 Å². The number of fused-ring (bicyclic) bond motifs is 3. The molecule has 4 rings (SSSR count). The number of aromatic amines is 1. The van der Waals surface area contributed by atoms with Gasteiger partial charge in [0.25, 0.3) is 5.56 Å². The third-order valence-electron chi connectivity index (χ3n) is 5.99. The van der Waals surface area contributed by atoms with Crippen LogP contribution in [0, 0.1) is 0 Å². The fourth-order valence-electron chi connectivity index (χ4n) is 4.57. The molecular formula is C20H29N7O. The van der Waals surface area contributed by atoms with Gasteiger partial charge in [0.05, 0.1) is 6.20 Å². The lowest BCUT2D eigenvalue weighted by molar-refractivity contribution is 0.158. The van der Waals surface area contributed by atoms with Gasteiger partial charge in [0.1, 0.15) is 23.2 Å². The zero-order valence-electron chi connectivity index (χ0n) is 16.9. The van der Waals surface area contributed by atoms with Crippen molar-refractivity contribution in [2.45, 2.75) is 65.0 Å². The van der Waals surface area contributed by atoms with Crippen molar-refractivity contribution in [1.29, 1.82) is 0 Å². The van der Waals surface area contributed by atoms with E-state index in [0.29, 0.717) is 34.6 Å². The normalized spacial score (nSPS) is 20.3. The number of rotatable bonds is 6. The average Bonchev–Trinajstić information content (AvgIpc) is 3.16. The van der Waals surface area contributed by atoms with Crippen LogP contribution in [0.4, 0.5) is 5.82 Å². The molecular weight excluding hydrogens is 354 g/mol. The molecule has 0 spiro atoms. The highest BCUT2D eigenvalue weighted by atomic mass is 16.1. The summed E-state index contributed by atoms with van der Waals surface area (Å²) < 4.78 is 1.85. The van der Waals surface area contributed by atoms with Gasteiger partial charge >= 0.3 is 0 Å². The second-order valence-corrected chi connectivity index (χ2v) is 7.45. The van der Waals surface area contributed by atoms with Gasteiger partial charge in [0.2, 0.25) is 0 Å². The summed E-state index contributed by atoms with van der Waals surface area (Å²) in [6.45, 7) is 8.54. The molecule has 0 aromatic carbocycles. The molecule has 0 saturated heterocycles. The molecule has 0 amide bonds. The minimum Gasteiger partial charge on any atom is -0.364 e. The van der Waals surface area contributed by atoms with Crippen molar-refractivity contribution < 1.29 is 0 Å². The van der Waals surface area contributed by atoms with Crippen molar-refractivity contribution in [3.05, 3.63) is 28.7 Å². The summed E-state index contributed by atoms with van der Waals surface area (Å²) in [5.41, 5.74) is 1.70. The van der Waals surface area contributed by atoms with E-state index in [1.807, 2.05) is 11.3 Å². The summed E-state index contributed by atoms with van der Waals surface area (Å²) in [5, 5.41) is 3.65. The molecule has 2 atom stereocenters. The maximum absolute atomic E-state index is 12.6. The van der Waals surface area contributed by atoms with Crippen molar-refractivity contribution in [3.63, 3.8) is 0 Å². The Morgan fingerprint density at radius 1 is 1.18 bits per heavy atom. The largest absolute Gasteiger partial charge is 0.364 e. The Morgan fingerprint density at radius 3 is 2.71 bits per heavy atom. The molecule has 2 unspecified atom stereocenters. The molecule has 28 heavy (non-hydrogen) atoms. The first-order chi connectivity index (χ1) is 13.7. The van der Waals surface area contributed by atoms with Crippen LogP contribution in [-0.4, -0.2) is 54.4 Å². The number of nitrogens with one attached hydrogen (secondary N) is 2. The highest BCUT2D eigenvalue weighted by Crippen LogP contribution is 2.27. The van der Waals surface area contributed by atoms with Crippen LogP contribution < -0.4 is 10.9 Å². The Labute approximate surface area is 164 Å². The van der Waals surface area contributed by atoms with Gasteiger partial charge in [-0.2, -0.15) is 0 Å². The molecule has 8 nitrogen and oxygen atoms in total. The SMILES string of the molecule is CCc1ncc2c(=O)[nH]c3c(NC4CCCCC4N(CC)CC)ncnc3n12. The molecule has 0 radical (unpaired) electrons. The molecule has 2 N–H and O–H groups in total. The standard InChI is InChI=1S/C20H29N7O/c1-4-16-21-11-15-20(28)25-17-18(22-12-23-19(17)27(15)16)24-13-9-7-8-10-14(13)26(5-2)6-3/h11-14H,4-10H2,1-3H3,(H,25,28)(H,22,23,24). The van der Waals surface area contributed by atoms with Crippen LogP contribution in [0.25, 0.3) is 16.7 Å². The van der Waals surface area contributed by atoms with Gasteiger partial charge in [-0.1, -0.05) is 33.6 Å². The summed E-state index contributed by atoms with van der Waals surface area (Å²) in [4.78, 5) is 31.5. The summed E-state index contributed by atoms with van der Waals surface area (Å²) in [6, 6.07) is 0.781. The second-order valence-electron chi connectivity index (χ2n) is 7.45. The summed E-state index contributed by atoms with van der Waals surface area (Å²) in [5.74, 6) is 1.53. The molecule has 1 aliphatic carbocycles. The van der Waals surface area contributed by atoms with Gasteiger partial charge in [0, 0.05) is 18.5 Å². The third kappa shape index (κ3) is 3.15. The lowest BCUT2D eigenvalue weighted by atomic mass is 9.89. The predicted octanol–water partition coefficient (Wildman–Crippen LogP) is 2.59. The number of H-pyrrole nitrogens is 1. The number of nitrogens with zero attached hydrogens (tertiary/aromatic N) is 5. The topological polar surface area (TPSA) is 91.2 Å². The minimum atomic E-state index is -0.165. The number of aryl methyl sites for hydroxylation is 1. The Kier molecular flexibility index (Phi) is 5.30. The van der Waals surface area contributed by atoms with Crippen molar-refractivity contribution in [1.82, 2.24) is 29.2 Å². The number of hydrogen-bond acceptors (Lipinski definition) is 6. The molecule has 3 aromatic heterocycles. The molecule has 1 saturated carbocycles. The van der Waals surface area contributed by atoms with Crippen molar-refractivity contribution in [3.8, 4) is 0 Å². The monoisotopic (exact) mass is 383 g/mol. The van der Waals surface area contributed by atoms with E-state index in [9.17, 15) is 4.79 Å². The zero-order chi connectivity index (χ0) is 19.7. The van der Waals surface area contributed by atoms with Crippen LogP contribution in [-0.2, 0) is 6.42 Å². The first kappa shape index (κ1) is 18.9. The Morgan fingerprint density at radius 2 is 1.96 bits per heavy atom. The van der Waals surface area contributed by atoms with Gasteiger partial charge in [-0.05, 0) is 25.9 Å². The fraction of sp³-hybridized carbons (Fsp3) is 0.600. The molecule has 3 heterocycles. The van der Waals surface area contributed by atoms with Crippen LogP contribution in [0.2, 0.25) is 0 Å². The van der Waals surface area contributed by atoms with Gasteiger partial charge in [-0.15, -0.1) is 0 Å². The molecule has 150 valence electrons. The average molecular weight is 384 g/mol. The first-order valence-corrected chi connectivity index (χ1v) is 10.4. The van der Waals surface area contributed by atoms with E-state index in [1.54, 1.807) is 12.5 Å². The zero-order valence-corrected chi connectivity index (χ0v) is 16.9. The maximum Gasteiger partial charge on any atom is 0.274 e. The molecule has 1 fully saturated rings. The molecule has 1 aliphatic rings. The van der Waals surface area contributed by atoms with E-state index in [2.05, 4.69) is 44.0 Å². The maximum atomic E-state index is 12.6. The first-order valence-electron chi connectivity index (χ1n) is 10.4. The van der Waals surface area contributed by atoms with Crippen LogP contribution in [0.1, 0.15) is 52.3 Å². The Bertz CT molecular complexity index is 1020. The summed E-state index contributed by atoms with van der Waals surface area (Å²) in [7, 11) is 0. The van der Waals surface area contributed by atoms with E-state index in [0.717, 1.165) is 31.8 Å². The lowest BCUT2D eigenvalue weighted by Crippen LogP contribution is -2.48. The molecule has 0 bridgehead atoms. The van der Waals surface area contributed by atoms with Crippen LogP contribution >= 0.6 is 0 Å². The number of imidazole rings is 1. The summed E-state index contributed by atoms with van der Waals surface area (Å²) in [6.07, 6.45) is 8.67. The van der Waals surface area contributed by atoms with E-state index in [4.69, 9.17) is 0 Å². The fourth-order valence-corrected chi connectivity index (χ4v) is 4.57. The number of aromatic nitrogens is 5. The van der Waals surface area contributed by atoms with Crippen LogP contribution in [0.5, 0.6) is 0 Å². The number of hydrogen-bond donors (Lipinski definition) is 2. The minimum absolute atomic E-state index is 0.165. The predicted molar refractivity (Wildman–Crippen MR) is 111 cm³/mol. The van der Waals surface area contributed by atoms with Crippen molar-refractivity contribution in [2.24, 2.45) is 0 Å². The molecule has 0 aliphatic heterocycles. The van der Waals surface area contributed by atoms with Gasteiger partial charge in [-0.25, -0.2) is 15.0 Å². The number of likely N-dealkylation sites (N-methyl/N-ethyl adjacent to an activating group) is 1. The summed E-state index contributed by atoms with van der Waals surface area (Å²) >= 11 is 0. The molecule has 3 aromatic rings. The van der Waals surface area contributed by atoms with Crippen LogP contribution in [0.15, 0.2) is 17.3 Å². The Balaban J connectivity index is 1.78. The third-order valence-corrected chi connectivity index (χ3v) is 5.99. The number of anilines is 1. The smallest absolute Gasteiger partial charge is 0.274 e. The van der Waals surface area contributed by atoms with E-state index in [1.165, 1.54) is 19.3 Å². The van der Waals surface area contributed by atoms with Crippen molar-refractivity contribution >= 4 is 22.5 Å². The second kappa shape index (κ2) is 7.87. The van der Waals surface area contributed by atoms with E-state index in [-0.39, 0.29) is 5.56 Å². The lowest BCUT2D eigenvalue weighted by Gasteiger charge is -2.39. The van der Waals surface area contributed by atoms with E-state index < -0.39 is 0 Å². The quantitative estimate of drug-likeness (QED) is 0.680. The van der Waals surface area contributed by atoms with Gasteiger partial charge in [0.15, 0.2) is 11.5 Å². The van der Waals surface area contributed by atoms with Crippen LogP contribution in [0.3, 0.4) is 0 Å². The van der Waals surface area contributed by atoms with Gasteiger partial charge < -0.3 is 10.3 Å². The highest BCUT2D eigenvalue weighted by molar-refractivity contribution is 5.84. The molecule has 8 heteroatoms. The Hall–Kier alpha value is -2.48.